The van der Waals surface area contributed by atoms with Crippen LogP contribution in [0.1, 0.15) is 13.8 Å². The molecule has 0 aliphatic rings. The molecule has 3 aromatic heterocycles. The molecule has 4 nitrogen and oxygen atoms in total. The topological polar surface area (TPSA) is 35.6 Å². The molecular weight excluding hydrogens is 272 g/mol. The third kappa shape index (κ3) is 2.08. The van der Waals surface area contributed by atoms with Crippen LogP contribution >= 0.6 is 0 Å². The van der Waals surface area contributed by atoms with Crippen molar-refractivity contribution in [3.05, 3.63) is 55.2 Å². The third-order valence-electron chi connectivity index (χ3n) is 3.89. The number of benzene rings is 1. The van der Waals surface area contributed by atoms with Gasteiger partial charge in [-0.05, 0) is 36.2 Å². The van der Waals surface area contributed by atoms with Crippen LogP contribution in [0.5, 0.6) is 0 Å². The largest absolute Gasteiger partial charge is 0.330 e. The average molecular weight is 290 g/mol. The van der Waals surface area contributed by atoms with Crippen LogP contribution in [0, 0.1) is 5.92 Å². The lowest BCUT2D eigenvalue weighted by Gasteiger charge is -2.10. The summed E-state index contributed by atoms with van der Waals surface area (Å²) in [6, 6.07) is 10.4. The maximum atomic E-state index is 4.54. The van der Waals surface area contributed by atoms with E-state index in [0.29, 0.717) is 5.92 Å². The summed E-state index contributed by atoms with van der Waals surface area (Å²) in [6.07, 6.45) is 7.90. The van der Waals surface area contributed by atoms with Crippen molar-refractivity contribution in [2.24, 2.45) is 5.92 Å². The molecule has 0 spiro atoms. The molecule has 0 saturated carbocycles. The van der Waals surface area contributed by atoms with E-state index in [0.717, 1.165) is 28.7 Å². The molecule has 4 aromatic rings. The molecule has 0 aliphatic carbocycles. The summed E-state index contributed by atoms with van der Waals surface area (Å²) in [5.41, 5.74) is 4.28. The number of nitrogens with zero attached hydrogens (tertiary/aromatic N) is 4. The van der Waals surface area contributed by atoms with Crippen molar-refractivity contribution in [3.8, 4) is 5.69 Å². The lowest BCUT2D eigenvalue weighted by Crippen LogP contribution is -2.03. The first-order chi connectivity index (χ1) is 10.7. The normalized spacial score (nSPS) is 11.8. The molecule has 0 N–H and O–H groups in total. The summed E-state index contributed by atoms with van der Waals surface area (Å²) in [7, 11) is 0. The fourth-order valence-corrected chi connectivity index (χ4v) is 2.94. The van der Waals surface area contributed by atoms with Crippen LogP contribution in [0.3, 0.4) is 0 Å². The van der Waals surface area contributed by atoms with Crippen molar-refractivity contribution in [1.29, 1.82) is 0 Å². The first-order valence-corrected chi connectivity index (χ1v) is 7.59. The van der Waals surface area contributed by atoms with Crippen LogP contribution in [0.25, 0.3) is 27.6 Å². The molecule has 0 aliphatic heterocycles. The van der Waals surface area contributed by atoms with E-state index in [1.165, 1.54) is 5.52 Å². The van der Waals surface area contributed by atoms with E-state index in [1.807, 2.05) is 24.7 Å². The zero-order valence-electron chi connectivity index (χ0n) is 12.8. The van der Waals surface area contributed by atoms with Crippen LogP contribution in [-0.4, -0.2) is 19.1 Å². The van der Waals surface area contributed by atoms with Crippen molar-refractivity contribution in [2.75, 3.05) is 0 Å². The Morgan fingerprint density at radius 1 is 1.05 bits per heavy atom. The Labute approximate surface area is 129 Å². The highest BCUT2D eigenvalue weighted by molar-refractivity contribution is 6.02. The molecule has 0 amide bonds. The third-order valence-corrected chi connectivity index (χ3v) is 3.89. The number of fused-ring (bicyclic) bond motifs is 3. The van der Waals surface area contributed by atoms with Gasteiger partial charge >= 0.3 is 0 Å². The highest BCUT2D eigenvalue weighted by atomic mass is 15.1. The summed E-state index contributed by atoms with van der Waals surface area (Å²) in [6.45, 7) is 5.41. The maximum absolute atomic E-state index is 4.54. The molecule has 22 heavy (non-hydrogen) atoms. The maximum Gasteiger partial charge on any atom is 0.107 e. The first kappa shape index (κ1) is 13.1. The average Bonchev–Trinajstić information content (AvgIpc) is 3.16. The van der Waals surface area contributed by atoms with E-state index in [2.05, 4.69) is 63.5 Å². The van der Waals surface area contributed by atoms with Crippen LogP contribution in [0.2, 0.25) is 0 Å². The standard InChI is InChI=1S/C18H18N4/c1-13(2)11-22-12-20-17-10-19-16-6-5-14(9-15(16)18(17)22)21-7-3-4-8-21/h3-10,12-13H,11H2,1-2H3. The van der Waals surface area contributed by atoms with Gasteiger partial charge in [0.2, 0.25) is 0 Å². The second-order valence-electron chi connectivity index (χ2n) is 6.07. The van der Waals surface area contributed by atoms with Crippen LogP contribution in [-0.2, 0) is 6.54 Å². The summed E-state index contributed by atoms with van der Waals surface area (Å²) in [5, 5.41) is 1.15. The zero-order chi connectivity index (χ0) is 15.1. The van der Waals surface area contributed by atoms with Gasteiger partial charge in [-0.1, -0.05) is 13.8 Å². The Kier molecular flexibility index (Phi) is 2.96. The van der Waals surface area contributed by atoms with Gasteiger partial charge < -0.3 is 9.13 Å². The Hall–Kier alpha value is -2.62. The van der Waals surface area contributed by atoms with E-state index < -0.39 is 0 Å². The van der Waals surface area contributed by atoms with Crippen molar-refractivity contribution >= 4 is 21.9 Å². The monoisotopic (exact) mass is 290 g/mol. The Balaban J connectivity index is 2.00. The minimum Gasteiger partial charge on any atom is -0.330 e. The van der Waals surface area contributed by atoms with Gasteiger partial charge in [-0.3, -0.25) is 4.98 Å². The van der Waals surface area contributed by atoms with Crippen LogP contribution < -0.4 is 0 Å². The Morgan fingerprint density at radius 2 is 1.86 bits per heavy atom. The van der Waals surface area contributed by atoms with Gasteiger partial charge in [0.15, 0.2) is 0 Å². The van der Waals surface area contributed by atoms with Crippen LogP contribution in [0.4, 0.5) is 0 Å². The van der Waals surface area contributed by atoms with Crippen molar-refractivity contribution in [3.63, 3.8) is 0 Å². The predicted molar refractivity (Wildman–Crippen MR) is 89.2 cm³/mol. The van der Waals surface area contributed by atoms with Crippen molar-refractivity contribution < 1.29 is 0 Å². The van der Waals surface area contributed by atoms with Gasteiger partial charge in [-0.2, -0.15) is 0 Å². The predicted octanol–water partition coefficient (Wildman–Crippen LogP) is 4.03. The molecule has 0 bridgehead atoms. The smallest absolute Gasteiger partial charge is 0.107 e. The summed E-state index contributed by atoms with van der Waals surface area (Å²) in [4.78, 5) is 9.05. The molecular formula is C18H18N4. The molecule has 4 heteroatoms. The molecule has 0 fully saturated rings. The van der Waals surface area contributed by atoms with E-state index in [-0.39, 0.29) is 0 Å². The minimum atomic E-state index is 0.577. The Bertz CT molecular complexity index is 932. The van der Waals surface area contributed by atoms with Crippen molar-refractivity contribution in [2.45, 2.75) is 20.4 Å². The van der Waals surface area contributed by atoms with Gasteiger partial charge in [0, 0.05) is 30.0 Å². The Morgan fingerprint density at radius 3 is 2.64 bits per heavy atom. The highest BCUT2D eigenvalue weighted by Gasteiger charge is 2.10. The van der Waals surface area contributed by atoms with E-state index in [4.69, 9.17) is 0 Å². The molecule has 0 unspecified atom stereocenters. The summed E-state index contributed by atoms with van der Waals surface area (Å²) in [5.74, 6) is 0.577. The molecule has 3 heterocycles. The fourth-order valence-electron chi connectivity index (χ4n) is 2.94. The number of rotatable bonds is 3. The molecule has 4 rings (SSSR count). The molecule has 0 saturated heterocycles. The second-order valence-corrected chi connectivity index (χ2v) is 6.07. The zero-order valence-corrected chi connectivity index (χ0v) is 12.8. The molecule has 110 valence electrons. The van der Waals surface area contributed by atoms with E-state index in [9.17, 15) is 0 Å². The van der Waals surface area contributed by atoms with E-state index >= 15 is 0 Å². The lowest BCUT2D eigenvalue weighted by molar-refractivity contribution is 0.533. The van der Waals surface area contributed by atoms with Crippen LogP contribution in [0.15, 0.2) is 55.2 Å². The van der Waals surface area contributed by atoms with Gasteiger partial charge in [-0.15, -0.1) is 0 Å². The first-order valence-electron chi connectivity index (χ1n) is 7.59. The van der Waals surface area contributed by atoms with Crippen molar-refractivity contribution in [1.82, 2.24) is 19.1 Å². The van der Waals surface area contributed by atoms with Gasteiger partial charge in [0.05, 0.1) is 23.6 Å². The quantitative estimate of drug-likeness (QED) is 0.571. The summed E-state index contributed by atoms with van der Waals surface area (Å²) < 4.78 is 4.35. The number of imidazole rings is 1. The molecule has 1 aromatic carbocycles. The fraction of sp³-hybridized carbons (Fsp3) is 0.222. The van der Waals surface area contributed by atoms with Gasteiger partial charge in [0.1, 0.15) is 5.52 Å². The number of aromatic nitrogens is 4. The number of hydrogen-bond acceptors (Lipinski definition) is 2. The van der Waals surface area contributed by atoms with Gasteiger partial charge in [-0.25, -0.2) is 4.98 Å². The molecule has 0 radical (unpaired) electrons. The highest BCUT2D eigenvalue weighted by Crippen LogP contribution is 2.26. The minimum absolute atomic E-state index is 0.577. The summed E-state index contributed by atoms with van der Waals surface area (Å²) >= 11 is 0. The van der Waals surface area contributed by atoms with E-state index in [1.54, 1.807) is 0 Å². The number of hydrogen-bond donors (Lipinski definition) is 0. The number of pyridine rings is 1. The molecule has 0 atom stereocenters. The van der Waals surface area contributed by atoms with Gasteiger partial charge in [0.25, 0.3) is 0 Å². The second kappa shape index (κ2) is 4.98. The SMILES string of the molecule is CC(C)Cn1cnc2cnc3ccc(-n4cccc4)cc3c21. The lowest BCUT2D eigenvalue weighted by atomic mass is 10.1.